The van der Waals surface area contributed by atoms with Gasteiger partial charge < -0.3 is 10.0 Å². The fraction of sp³-hybridized carbons (Fsp3) is 0.923. The molecule has 1 saturated heterocycles. The Hall–Kier alpha value is -0.710. The van der Waals surface area contributed by atoms with Crippen molar-refractivity contribution in [3.05, 3.63) is 0 Å². The van der Waals surface area contributed by atoms with Crippen molar-refractivity contribution in [3.63, 3.8) is 0 Å². The Balaban J connectivity index is 2.22. The van der Waals surface area contributed by atoms with Gasteiger partial charge in [-0.15, -0.1) is 0 Å². The summed E-state index contributed by atoms with van der Waals surface area (Å²) >= 11 is 0. The summed E-state index contributed by atoms with van der Waals surface area (Å²) in [6.45, 7) is 0.000625. The van der Waals surface area contributed by atoms with E-state index < -0.39 is 23.9 Å². The molecule has 0 aromatic rings. The summed E-state index contributed by atoms with van der Waals surface area (Å²) in [6, 6.07) is 0. The van der Waals surface area contributed by atoms with Crippen LogP contribution in [0.25, 0.3) is 0 Å². The molecule has 1 unspecified atom stereocenters. The Kier molecular flexibility index (Phi) is 3.63. The van der Waals surface area contributed by atoms with E-state index in [1.807, 2.05) is 0 Å². The van der Waals surface area contributed by atoms with Gasteiger partial charge in [0, 0.05) is 0 Å². The first-order valence-corrected chi connectivity index (χ1v) is 6.67. The SMILES string of the molecule is CN1CCC(CC2CCCC2)(C(=O)O)C(F)(F)C1. The van der Waals surface area contributed by atoms with Crippen LogP contribution in [0.15, 0.2) is 0 Å². The zero-order valence-corrected chi connectivity index (χ0v) is 10.8. The largest absolute Gasteiger partial charge is 0.481 e. The minimum absolute atomic E-state index is 0.0579. The first-order valence-electron chi connectivity index (χ1n) is 6.67. The molecule has 1 atom stereocenters. The van der Waals surface area contributed by atoms with Gasteiger partial charge in [-0.25, -0.2) is 8.78 Å². The molecule has 1 saturated carbocycles. The number of halogens is 2. The predicted molar refractivity (Wildman–Crippen MR) is 63.7 cm³/mol. The highest BCUT2D eigenvalue weighted by Gasteiger charge is 2.61. The third kappa shape index (κ3) is 2.25. The highest BCUT2D eigenvalue weighted by molar-refractivity contribution is 5.76. The Morgan fingerprint density at radius 1 is 1.39 bits per heavy atom. The second-order valence-electron chi connectivity index (χ2n) is 5.93. The lowest BCUT2D eigenvalue weighted by Gasteiger charge is -2.44. The number of carboxylic acid groups (broad SMARTS) is 1. The van der Waals surface area contributed by atoms with Gasteiger partial charge in [-0.05, 0) is 32.4 Å². The minimum atomic E-state index is -3.13. The van der Waals surface area contributed by atoms with Crippen LogP contribution < -0.4 is 0 Å². The summed E-state index contributed by atoms with van der Waals surface area (Å²) in [4.78, 5) is 13.0. The van der Waals surface area contributed by atoms with Crippen molar-refractivity contribution < 1.29 is 18.7 Å². The van der Waals surface area contributed by atoms with Gasteiger partial charge in [0.15, 0.2) is 0 Å². The quantitative estimate of drug-likeness (QED) is 0.849. The van der Waals surface area contributed by atoms with E-state index in [9.17, 15) is 18.7 Å². The molecule has 2 rings (SSSR count). The minimum Gasteiger partial charge on any atom is -0.481 e. The number of hydrogen-bond acceptors (Lipinski definition) is 2. The van der Waals surface area contributed by atoms with E-state index in [1.165, 1.54) is 4.90 Å². The molecule has 18 heavy (non-hydrogen) atoms. The predicted octanol–water partition coefficient (Wildman–Crippen LogP) is 2.61. The number of carboxylic acids is 1. The molecule has 5 heteroatoms. The fourth-order valence-electron chi connectivity index (χ4n) is 3.44. The molecule has 1 aliphatic heterocycles. The number of nitrogens with zero attached hydrogens (tertiary/aromatic N) is 1. The Bertz CT molecular complexity index is 329. The maximum atomic E-state index is 14.3. The lowest BCUT2D eigenvalue weighted by Crippen LogP contribution is -2.58. The highest BCUT2D eigenvalue weighted by atomic mass is 19.3. The van der Waals surface area contributed by atoms with E-state index in [2.05, 4.69) is 0 Å². The molecule has 1 aliphatic carbocycles. The molecule has 3 nitrogen and oxygen atoms in total. The number of carbonyl (C=O) groups is 1. The van der Waals surface area contributed by atoms with Gasteiger partial charge in [0.1, 0.15) is 5.41 Å². The lowest BCUT2D eigenvalue weighted by molar-refractivity contribution is -0.200. The summed E-state index contributed by atoms with van der Waals surface area (Å²) in [7, 11) is 1.62. The van der Waals surface area contributed by atoms with Crippen molar-refractivity contribution in [2.24, 2.45) is 11.3 Å². The first kappa shape index (κ1) is 13.7. The number of piperidine rings is 1. The summed E-state index contributed by atoms with van der Waals surface area (Å²) < 4.78 is 28.5. The number of aliphatic carboxylic acids is 1. The molecule has 1 N–H and O–H groups in total. The summed E-state index contributed by atoms with van der Waals surface area (Å²) in [5.74, 6) is -4.28. The average Bonchev–Trinajstić information content (AvgIpc) is 2.73. The van der Waals surface area contributed by atoms with Crippen molar-refractivity contribution >= 4 is 5.97 Å². The standard InChI is InChI=1S/C13H21F2NO2/c1-16-7-6-12(11(17)18,13(14,15)9-16)8-10-4-2-3-5-10/h10H,2-9H2,1H3,(H,17,18). The van der Waals surface area contributed by atoms with Crippen LogP contribution in [0.2, 0.25) is 0 Å². The molecule has 0 radical (unpaired) electrons. The number of likely N-dealkylation sites (tertiary alicyclic amines) is 1. The molecule has 2 aliphatic rings. The van der Waals surface area contributed by atoms with Crippen molar-refractivity contribution in [2.75, 3.05) is 20.1 Å². The van der Waals surface area contributed by atoms with E-state index >= 15 is 0 Å². The first-order chi connectivity index (χ1) is 8.37. The molecule has 0 aromatic heterocycles. The second-order valence-corrected chi connectivity index (χ2v) is 5.93. The molecule has 104 valence electrons. The van der Waals surface area contributed by atoms with Crippen molar-refractivity contribution in [2.45, 2.75) is 44.4 Å². The molecule has 2 fully saturated rings. The fourth-order valence-corrected chi connectivity index (χ4v) is 3.44. The van der Waals surface area contributed by atoms with Gasteiger partial charge in [0.25, 0.3) is 5.92 Å². The number of hydrogen-bond donors (Lipinski definition) is 1. The zero-order valence-electron chi connectivity index (χ0n) is 10.8. The molecule has 0 aromatic carbocycles. The van der Waals surface area contributed by atoms with Crippen molar-refractivity contribution in [1.29, 1.82) is 0 Å². The Morgan fingerprint density at radius 3 is 2.50 bits per heavy atom. The third-order valence-corrected chi connectivity index (χ3v) is 4.61. The average molecular weight is 261 g/mol. The second kappa shape index (κ2) is 4.76. The van der Waals surface area contributed by atoms with Gasteiger partial charge in [-0.3, -0.25) is 4.79 Å². The van der Waals surface area contributed by atoms with E-state index in [0.29, 0.717) is 6.54 Å². The molecular weight excluding hydrogens is 240 g/mol. The summed E-state index contributed by atoms with van der Waals surface area (Å²) in [5.41, 5.74) is -1.84. The van der Waals surface area contributed by atoms with Gasteiger partial charge in [-0.1, -0.05) is 25.7 Å². The van der Waals surface area contributed by atoms with E-state index in [0.717, 1.165) is 25.7 Å². The maximum Gasteiger partial charge on any atom is 0.315 e. The van der Waals surface area contributed by atoms with Crippen LogP contribution in [0.4, 0.5) is 8.78 Å². The van der Waals surface area contributed by atoms with Crippen LogP contribution in [0.3, 0.4) is 0 Å². The molecule has 0 spiro atoms. The van der Waals surface area contributed by atoms with Crippen LogP contribution in [-0.4, -0.2) is 42.0 Å². The van der Waals surface area contributed by atoms with Crippen molar-refractivity contribution in [3.8, 4) is 0 Å². The molecular formula is C13H21F2NO2. The zero-order chi connectivity index (χ0) is 13.4. The van der Waals surface area contributed by atoms with Crippen LogP contribution in [0.1, 0.15) is 38.5 Å². The maximum absolute atomic E-state index is 14.3. The van der Waals surface area contributed by atoms with E-state index in [1.54, 1.807) is 7.05 Å². The summed E-state index contributed by atoms with van der Waals surface area (Å²) in [6.07, 6.45) is 4.10. The third-order valence-electron chi connectivity index (χ3n) is 4.61. The van der Waals surface area contributed by atoms with Crippen molar-refractivity contribution in [1.82, 2.24) is 4.90 Å². The Labute approximate surface area is 106 Å². The Morgan fingerprint density at radius 2 is 2.00 bits per heavy atom. The highest BCUT2D eigenvalue weighted by Crippen LogP contribution is 2.50. The van der Waals surface area contributed by atoms with E-state index in [-0.39, 0.29) is 18.8 Å². The topological polar surface area (TPSA) is 40.5 Å². The van der Waals surface area contributed by atoms with Gasteiger partial charge in [0.05, 0.1) is 6.54 Å². The van der Waals surface area contributed by atoms with Gasteiger partial charge in [0.2, 0.25) is 0 Å². The molecule has 0 amide bonds. The summed E-state index contributed by atoms with van der Waals surface area (Å²) in [5, 5.41) is 9.37. The van der Waals surface area contributed by atoms with E-state index in [4.69, 9.17) is 0 Å². The monoisotopic (exact) mass is 261 g/mol. The van der Waals surface area contributed by atoms with Crippen LogP contribution in [0, 0.1) is 11.3 Å². The normalized spacial score (nSPS) is 33.7. The van der Waals surface area contributed by atoms with Crippen LogP contribution in [-0.2, 0) is 4.79 Å². The number of rotatable bonds is 3. The smallest absolute Gasteiger partial charge is 0.315 e. The molecule has 0 bridgehead atoms. The molecule has 1 heterocycles. The lowest BCUT2D eigenvalue weighted by atomic mass is 9.69. The van der Waals surface area contributed by atoms with Crippen LogP contribution in [0.5, 0.6) is 0 Å². The van der Waals surface area contributed by atoms with Crippen LogP contribution >= 0.6 is 0 Å². The van der Waals surface area contributed by atoms with Gasteiger partial charge >= 0.3 is 5.97 Å². The van der Waals surface area contributed by atoms with Gasteiger partial charge in [-0.2, -0.15) is 0 Å². The number of alkyl halides is 2.